The topological polar surface area (TPSA) is 242 Å². The van der Waals surface area contributed by atoms with Gasteiger partial charge in [-0.15, -0.1) is 0 Å². The second-order valence-corrected chi connectivity index (χ2v) is 9.83. The van der Waals surface area contributed by atoms with Gasteiger partial charge in [-0.1, -0.05) is 0 Å². The summed E-state index contributed by atoms with van der Waals surface area (Å²) in [5, 5.41) is 13.2. The van der Waals surface area contributed by atoms with Crippen molar-refractivity contribution in [2.75, 3.05) is 29.0 Å². The summed E-state index contributed by atoms with van der Waals surface area (Å²) in [4.78, 5) is 33.2. The second kappa shape index (κ2) is 11.2. The molecule has 1 unspecified atom stereocenters. The van der Waals surface area contributed by atoms with Crippen molar-refractivity contribution in [1.82, 2.24) is 25.6 Å². The predicted molar refractivity (Wildman–Crippen MR) is 123 cm³/mol. The SMILES string of the molecule is CC(=O)NCCNc1nc(Nc2cc(S(=O)(=O)O)ccc2S(=O)(=O)O)nc(NC(C)NC(C)=O)n1. The first-order chi connectivity index (χ1) is 16.1. The highest BCUT2D eigenvalue weighted by molar-refractivity contribution is 7.86. The van der Waals surface area contributed by atoms with Crippen LogP contribution in [0, 0.1) is 0 Å². The molecule has 192 valence electrons. The Labute approximate surface area is 200 Å². The summed E-state index contributed by atoms with van der Waals surface area (Å²) >= 11 is 0. The van der Waals surface area contributed by atoms with E-state index in [-0.39, 0.29) is 42.7 Å². The minimum atomic E-state index is -4.82. The molecule has 0 aliphatic heterocycles. The van der Waals surface area contributed by atoms with Gasteiger partial charge in [0.15, 0.2) is 0 Å². The van der Waals surface area contributed by atoms with Crippen LogP contribution >= 0.6 is 0 Å². The van der Waals surface area contributed by atoms with E-state index >= 15 is 0 Å². The predicted octanol–water partition coefficient (Wildman–Crippen LogP) is -0.449. The van der Waals surface area contributed by atoms with Crippen LogP contribution in [0.25, 0.3) is 0 Å². The third kappa shape index (κ3) is 8.92. The fraction of sp³-hybridized carbons (Fsp3) is 0.353. The highest BCUT2D eigenvalue weighted by atomic mass is 32.2. The fourth-order valence-corrected chi connectivity index (χ4v) is 3.77. The lowest BCUT2D eigenvalue weighted by Gasteiger charge is -2.16. The second-order valence-electron chi connectivity index (χ2n) is 7.02. The number of hydrogen-bond acceptors (Lipinski definition) is 12. The van der Waals surface area contributed by atoms with Crippen molar-refractivity contribution in [3.05, 3.63) is 18.2 Å². The minimum Gasteiger partial charge on any atom is -0.355 e. The third-order valence-corrected chi connectivity index (χ3v) is 5.72. The lowest BCUT2D eigenvalue weighted by molar-refractivity contribution is -0.120. The van der Waals surface area contributed by atoms with E-state index < -0.39 is 41.9 Å². The molecule has 2 rings (SSSR count). The van der Waals surface area contributed by atoms with Crippen molar-refractivity contribution in [1.29, 1.82) is 0 Å². The van der Waals surface area contributed by atoms with E-state index in [0.29, 0.717) is 0 Å². The number of nitrogens with one attached hydrogen (secondary N) is 5. The first-order valence-electron chi connectivity index (χ1n) is 9.79. The van der Waals surface area contributed by atoms with Crippen LogP contribution in [0.1, 0.15) is 20.8 Å². The van der Waals surface area contributed by atoms with Gasteiger partial charge in [-0.05, 0) is 25.1 Å². The quantitative estimate of drug-likeness (QED) is 0.110. The third-order valence-electron chi connectivity index (χ3n) is 3.96. The van der Waals surface area contributed by atoms with Crippen LogP contribution < -0.4 is 26.6 Å². The molecule has 1 heterocycles. The van der Waals surface area contributed by atoms with Gasteiger partial charge in [-0.25, -0.2) is 0 Å². The maximum atomic E-state index is 11.8. The van der Waals surface area contributed by atoms with Gasteiger partial charge in [0.1, 0.15) is 4.90 Å². The van der Waals surface area contributed by atoms with E-state index in [0.717, 1.165) is 18.2 Å². The number of anilines is 4. The molecule has 0 aliphatic rings. The Hall–Kier alpha value is -3.61. The molecular weight excluding hydrogens is 508 g/mol. The van der Waals surface area contributed by atoms with Crippen LogP contribution in [0.2, 0.25) is 0 Å². The summed E-state index contributed by atoms with van der Waals surface area (Å²) in [5.41, 5.74) is -0.459. The molecule has 0 spiro atoms. The van der Waals surface area contributed by atoms with Gasteiger partial charge >= 0.3 is 0 Å². The number of rotatable bonds is 11. The van der Waals surface area contributed by atoms with Gasteiger partial charge in [-0.3, -0.25) is 18.7 Å². The number of benzene rings is 1. The van der Waals surface area contributed by atoms with Crippen molar-refractivity contribution < 1.29 is 35.5 Å². The van der Waals surface area contributed by atoms with Crippen LogP contribution in [-0.4, -0.2) is 72.0 Å². The molecule has 1 aromatic heterocycles. The average molecular weight is 533 g/mol. The molecule has 7 N–H and O–H groups in total. The maximum absolute atomic E-state index is 11.8. The standard InChI is InChI=1S/C17H24N8O8S2/c1-9(20-11(3)27)21-16-23-15(19-7-6-18-10(2)26)24-17(25-16)22-13-8-12(34(28,29)30)4-5-14(13)35(31,32)33/h4-5,8-9H,6-7H2,1-3H3,(H,18,26)(H,20,27)(H,28,29,30)(H,31,32,33)(H3,19,21,22,23,24,25). The lowest BCUT2D eigenvalue weighted by Crippen LogP contribution is -2.37. The number of carbonyl (C=O) groups excluding carboxylic acids is 2. The molecule has 1 aromatic carbocycles. The Bertz CT molecular complexity index is 1320. The first-order valence-corrected chi connectivity index (χ1v) is 12.7. The Kier molecular flexibility index (Phi) is 8.85. The van der Waals surface area contributed by atoms with Crippen LogP contribution in [0.3, 0.4) is 0 Å². The van der Waals surface area contributed by atoms with Gasteiger partial charge in [-0.2, -0.15) is 31.8 Å². The normalized spacial score (nSPS) is 12.4. The van der Waals surface area contributed by atoms with E-state index in [1.54, 1.807) is 6.92 Å². The molecule has 0 radical (unpaired) electrons. The van der Waals surface area contributed by atoms with Crippen LogP contribution in [0.15, 0.2) is 28.0 Å². The molecule has 1 atom stereocenters. The summed E-state index contributed by atoms with van der Waals surface area (Å²) in [7, 11) is -9.54. The molecule has 0 saturated heterocycles. The van der Waals surface area contributed by atoms with Crippen LogP contribution in [0.5, 0.6) is 0 Å². The van der Waals surface area contributed by atoms with Crippen molar-refractivity contribution in [3.8, 4) is 0 Å². The van der Waals surface area contributed by atoms with Crippen LogP contribution in [0.4, 0.5) is 23.5 Å². The van der Waals surface area contributed by atoms with Crippen molar-refractivity contribution in [2.45, 2.75) is 36.7 Å². The monoisotopic (exact) mass is 532 g/mol. The Morgan fingerprint density at radius 3 is 2.11 bits per heavy atom. The summed E-state index contributed by atoms with van der Waals surface area (Å²) in [5.74, 6) is -1.01. The van der Waals surface area contributed by atoms with Crippen molar-refractivity contribution in [2.24, 2.45) is 0 Å². The molecular formula is C17H24N8O8S2. The first kappa shape index (κ1) is 27.6. The van der Waals surface area contributed by atoms with Gasteiger partial charge < -0.3 is 26.6 Å². The molecule has 0 fully saturated rings. The smallest absolute Gasteiger partial charge is 0.296 e. The van der Waals surface area contributed by atoms with Crippen molar-refractivity contribution in [3.63, 3.8) is 0 Å². The number of amides is 2. The van der Waals surface area contributed by atoms with E-state index in [4.69, 9.17) is 0 Å². The molecule has 0 aliphatic carbocycles. The molecule has 16 nitrogen and oxygen atoms in total. The zero-order chi connectivity index (χ0) is 26.4. The number of aromatic nitrogens is 3. The largest absolute Gasteiger partial charge is 0.355 e. The van der Waals surface area contributed by atoms with Gasteiger partial charge in [0.25, 0.3) is 20.2 Å². The molecule has 0 bridgehead atoms. The average Bonchev–Trinajstić information content (AvgIpc) is 2.68. The molecule has 0 saturated carbocycles. The Morgan fingerprint density at radius 1 is 0.914 bits per heavy atom. The van der Waals surface area contributed by atoms with Gasteiger partial charge in [0, 0.05) is 26.9 Å². The highest BCUT2D eigenvalue weighted by Gasteiger charge is 2.21. The van der Waals surface area contributed by atoms with Gasteiger partial charge in [0.05, 0.1) is 16.7 Å². The maximum Gasteiger partial charge on any atom is 0.296 e. The minimum absolute atomic E-state index is 0.0373. The van der Waals surface area contributed by atoms with E-state index in [1.165, 1.54) is 13.8 Å². The fourth-order valence-electron chi connectivity index (χ4n) is 2.64. The number of hydrogen-bond donors (Lipinski definition) is 7. The van der Waals surface area contributed by atoms with E-state index in [1.807, 2.05) is 0 Å². The summed E-state index contributed by atoms with van der Waals surface area (Å²) < 4.78 is 65.3. The number of nitrogens with zero attached hydrogens (tertiary/aromatic N) is 3. The Morgan fingerprint density at radius 2 is 1.54 bits per heavy atom. The zero-order valence-electron chi connectivity index (χ0n) is 18.7. The highest BCUT2D eigenvalue weighted by Crippen LogP contribution is 2.27. The Balaban J connectivity index is 2.47. The van der Waals surface area contributed by atoms with E-state index in [9.17, 15) is 35.5 Å². The summed E-state index contributed by atoms with van der Waals surface area (Å²) in [6.07, 6.45) is -0.633. The van der Waals surface area contributed by atoms with Crippen LogP contribution in [-0.2, 0) is 29.8 Å². The molecule has 2 aromatic rings. The zero-order valence-corrected chi connectivity index (χ0v) is 20.4. The summed E-state index contributed by atoms with van der Waals surface area (Å²) in [6.45, 7) is 4.64. The molecule has 18 heteroatoms. The molecule has 35 heavy (non-hydrogen) atoms. The van der Waals surface area contributed by atoms with Crippen molar-refractivity contribution >= 4 is 55.6 Å². The molecule has 2 amide bonds. The summed E-state index contributed by atoms with van der Waals surface area (Å²) in [6, 6.07) is 2.32. The van der Waals surface area contributed by atoms with E-state index in [2.05, 4.69) is 41.5 Å². The lowest BCUT2D eigenvalue weighted by atomic mass is 10.3. The number of carbonyl (C=O) groups is 2. The van der Waals surface area contributed by atoms with Gasteiger partial charge in [0.2, 0.25) is 29.7 Å².